The number of nitrogens with zero attached hydrogens (tertiary/aromatic N) is 4. The molecule has 1 amide bonds. The van der Waals surface area contributed by atoms with Crippen LogP contribution in [0.25, 0.3) is 11.4 Å². The number of anilines is 2. The molecule has 1 aromatic carbocycles. The molecule has 0 unspecified atom stereocenters. The van der Waals surface area contributed by atoms with Crippen LogP contribution >= 0.6 is 11.6 Å². The fraction of sp³-hybridized carbons (Fsp3) is 0.176. The third kappa shape index (κ3) is 3.45. The number of rotatable bonds is 5. The van der Waals surface area contributed by atoms with E-state index in [-0.39, 0.29) is 11.1 Å². The topological polar surface area (TPSA) is 94.0 Å². The van der Waals surface area contributed by atoms with Crippen molar-refractivity contribution in [2.24, 2.45) is 7.05 Å². The molecule has 0 saturated heterocycles. The number of benzene rings is 1. The van der Waals surface area contributed by atoms with Crippen LogP contribution in [0, 0.1) is 0 Å². The number of pyridine rings is 1. The molecule has 2 heterocycles. The van der Waals surface area contributed by atoms with Gasteiger partial charge in [-0.3, -0.25) is 9.48 Å². The molecule has 2 N–H and O–H groups in total. The molecule has 0 aliphatic heterocycles. The second-order valence-electron chi connectivity index (χ2n) is 5.38. The zero-order valence-electron chi connectivity index (χ0n) is 14.4. The van der Waals surface area contributed by atoms with E-state index in [9.17, 15) is 4.79 Å². The summed E-state index contributed by atoms with van der Waals surface area (Å²) >= 11 is 6.00. The van der Waals surface area contributed by atoms with Crippen LogP contribution in [0.1, 0.15) is 10.4 Å². The maximum Gasteiger partial charge on any atom is 0.254 e. The Hall–Kier alpha value is -3.13. The summed E-state index contributed by atoms with van der Waals surface area (Å²) in [5.74, 6) is 0.806. The van der Waals surface area contributed by atoms with Crippen molar-refractivity contribution in [1.29, 1.82) is 0 Å². The number of para-hydroxylation sites is 1. The highest BCUT2D eigenvalue weighted by molar-refractivity contribution is 6.29. The summed E-state index contributed by atoms with van der Waals surface area (Å²) in [5, 5.41) is 10.4. The number of aromatic nitrogens is 4. The maximum absolute atomic E-state index is 12.1. The highest BCUT2D eigenvalue weighted by Gasteiger charge is 2.17. The molecule has 0 saturated carbocycles. The highest BCUT2D eigenvalue weighted by atomic mass is 35.5. The normalized spacial score (nSPS) is 10.5. The molecule has 8 nitrogen and oxygen atoms in total. The second-order valence-corrected chi connectivity index (χ2v) is 5.77. The van der Waals surface area contributed by atoms with Gasteiger partial charge in [0.15, 0.2) is 11.6 Å². The van der Waals surface area contributed by atoms with Crippen molar-refractivity contribution >= 4 is 28.9 Å². The van der Waals surface area contributed by atoms with Gasteiger partial charge in [-0.05, 0) is 18.2 Å². The van der Waals surface area contributed by atoms with Gasteiger partial charge in [0.1, 0.15) is 11.5 Å². The van der Waals surface area contributed by atoms with Crippen LogP contribution in [0.3, 0.4) is 0 Å². The number of amides is 1. The smallest absolute Gasteiger partial charge is 0.254 e. The molecule has 26 heavy (non-hydrogen) atoms. The quantitative estimate of drug-likeness (QED) is 0.669. The molecule has 2 aromatic heterocycles. The maximum atomic E-state index is 12.1. The number of nitrogens with one attached hydrogen (secondary N) is 2. The number of hydrogen-bond acceptors (Lipinski definition) is 6. The fourth-order valence-corrected chi connectivity index (χ4v) is 2.65. The van der Waals surface area contributed by atoms with Crippen LogP contribution in [0.4, 0.5) is 11.4 Å². The van der Waals surface area contributed by atoms with E-state index in [1.807, 2.05) is 18.2 Å². The average Bonchev–Trinajstić information content (AvgIpc) is 3.07. The minimum absolute atomic E-state index is 0.265. The molecule has 0 spiro atoms. The van der Waals surface area contributed by atoms with Gasteiger partial charge in [0, 0.05) is 20.3 Å². The van der Waals surface area contributed by atoms with Gasteiger partial charge in [-0.15, -0.1) is 0 Å². The zero-order chi connectivity index (χ0) is 18.7. The third-order valence-corrected chi connectivity index (χ3v) is 3.88. The second kappa shape index (κ2) is 7.40. The van der Waals surface area contributed by atoms with Crippen molar-refractivity contribution in [1.82, 2.24) is 25.1 Å². The van der Waals surface area contributed by atoms with Gasteiger partial charge >= 0.3 is 0 Å². The lowest BCUT2D eigenvalue weighted by molar-refractivity contribution is 0.0963. The predicted octanol–water partition coefficient (Wildman–Crippen LogP) is 2.64. The van der Waals surface area contributed by atoms with E-state index in [4.69, 9.17) is 16.3 Å². The third-order valence-electron chi connectivity index (χ3n) is 3.67. The Morgan fingerprint density at radius 3 is 2.73 bits per heavy atom. The molecular weight excluding hydrogens is 356 g/mol. The molecule has 3 aromatic rings. The van der Waals surface area contributed by atoms with E-state index in [1.165, 1.54) is 6.20 Å². The summed E-state index contributed by atoms with van der Waals surface area (Å²) < 4.78 is 7.18. The van der Waals surface area contributed by atoms with Crippen molar-refractivity contribution in [3.05, 3.63) is 47.5 Å². The fourth-order valence-electron chi connectivity index (χ4n) is 2.49. The summed E-state index contributed by atoms with van der Waals surface area (Å²) in [6.45, 7) is 0. The first kappa shape index (κ1) is 17.7. The molecule has 0 aliphatic rings. The Kier molecular flexibility index (Phi) is 5.04. The van der Waals surface area contributed by atoms with E-state index in [0.717, 1.165) is 5.56 Å². The van der Waals surface area contributed by atoms with Gasteiger partial charge in [-0.25, -0.2) is 9.97 Å². The molecule has 0 atom stereocenters. The lowest BCUT2D eigenvalue weighted by Crippen LogP contribution is -2.19. The molecule has 3 rings (SSSR count). The van der Waals surface area contributed by atoms with Crippen molar-refractivity contribution in [3.8, 4) is 17.1 Å². The van der Waals surface area contributed by atoms with Gasteiger partial charge in [0.05, 0.1) is 29.6 Å². The van der Waals surface area contributed by atoms with Crippen molar-refractivity contribution in [2.75, 3.05) is 19.5 Å². The minimum Gasteiger partial charge on any atom is -0.494 e. The first-order valence-corrected chi connectivity index (χ1v) is 8.09. The standard InChI is InChI=1S/C17H17ClN6O2/c1-19-17(25)11-8-20-14(18)7-13(11)22-12-6-4-5-10(15(12)26-3)16-21-9-24(2)23-16/h4-9H,1-3H3,(H,19,25)(H,20,22). The van der Waals surface area contributed by atoms with Gasteiger partial charge in [-0.2, -0.15) is 5.10 Å². The summed E-state index contributed by atoms with van der Waals surface area (Å²) in [4.78, 5) is 20.3. The zero-order valence-corrected chi connectivity index (χ0v) is 15.2. The Bertz CT molecular complexity index is 956. The summed E-state index contributed by atoms with van der Waals surface area (Å²) in [5.41, 5.74) is 2.23. The van der Waals surface area contributed by atoms with E-state index in [1.54, 1.807) is 38.3 Å². The Balaban J connectivity index is 2.06. The van der Waals surface area contributed by atoms with Crippen LogP contribution in [0.5, 0.6) is 5.75 Å². The Morgan fingerprint density at radius 2 is 2.08 bits per heavy atom. The summed E-state index contributed by atoms with van der Waals surface area (Å²) in [6.07, 6.45) is 3.03. The highest BCUT2D eigenvalue weighted by Crippen LogP contribution is 2.37. The lowest BCUT2D eigenvalue weighted by Gasteiger charge is -2.16. The molecule has 0 aliphatic carbocycles. The number of ether oxygens (including phenoxy) is 1. The molecule has 0 radical (unpaired) electrons. The van der Waals surface area contributed by atoms with Crippen molar-refractivity contribution < 1.29 is 9.53 Å². The predicted molar refractivity (Wildman–Crippen MR) is 98.9 cm³/mol. The van der Waals surface area contributed by atoms with E-state index < -0.39 is 0 Å². The number of carbonyl (C=O) groups is 1. The number of methoxy groups -OCH3 is 1. The van der Waals surface area contributed by atoms with Crippen molar-refractivity contribution in [3.63, 3.8) is 0 Å². The van der Waals surface area contributed by atoms with E-state index in [2.05, 4.69) is 25.7 Å². The Morgan fingerprint density at radius 1 is 1.27 bits per heavy atom. The number of halogens is 1. The van der Waals surface area contributed by atoms with Crippen LogP contribution in [0.15, 0.2) is 36.8 Å². The van der Waals surface area contributed by atoms with Crippen LogP contribution in [0.2, 0.25) is 5.15 Å². The molecule has 0 fully saturated rings. The van der Waals surface area contributed by atoms with Crippen molar-refractivity contribution in [2.45, 2.75) is 0 Å². The van der Waals surface area contributed by atoms with Gasteiger partial charge < -0.3 is 15.4 Å². The van der Waals surface area contributed by atoms with E-state index >= 15 is 0 Å². The van der Waals surface area contributed by atoms with Gasteiger partial charge in [-0.1, -0.05) is 17.7 Å². The summed E-state index contributed by atoms with van der Waals surface area (Å²) in [7, 11) is 4.90. The lowest BCUT2D eigenvalue weighted by atomic mass is 10.1. The molecule has 9 heteroatoms. The first-order valence-electron chi connectivity index (χ1n) is 7.71. The molecular formula is C17H17ClN6O2. The SMILES string of the molecule is CNC(=O)c1cnc(Cl)cc1Nc1cccc(-c2ncn(C)n2)c1OC. The number of carbonyl (C=O) groups excluding carboxylic acids is 1. The van der Waals surface area contributed by atoms with E-state index in [0.29, 0.717) is 28.5 Å². The number of aryl methyl sites for hydroxylation is 1. The van der Waals surface area contributed by atoms with Crippen LogP contribution in [-0.4, -0.2) is 39.8 Å². The first-order chi connectivity index (χ1) is 12.5. The Labute approximate surface area is 155 Å². The largest absolute Gasteiger partial charge is 0.494 e. The van der Waals surface area contributed by atoms with Gasteiger partial charge in [0.2, 0.25) is 0 Å². The molecule has 0 bridgehead atoms. The minimum atomic E-state index is -0.279. The van der Waals surface area contributed by atoms with Crippen LogP contribution < -0.4 is 15.4 Å². The monoisotopic (exact) mass is 372 g/mol. The summed E-state index contributed by atoms with van der Waals surface area (Å²) in [6, 6.07) is 7.11. The van der Waals surface area contributed by atoms with Crippen LogP contribution in [-0.2, 0) is 7.05 Å². The van der Waals surface area contributed by atoms with Gasteiger partial charge in [0.25, 0.3) is 5.91 Å². The average molecular weight is 373 g/mol. The molecule has 134 valence electrons. The number of hydrogen-bond donors (Lipinski definition) is 2.